The molecule has 0 saturated carbocycles. The quantitative estimate of drug-likeness (QED) is 0.839. The fraction of sp³-hybridized carbons (Fsp3) is 0.706. The van der Waals surface area contributed by atoms with Crippen molar-refractivity contribution in [3.05, 3.63) is 30.2 Å². The smallest absolute Gasteiger partial charge is 0.244 e. The van der Waals surface area contributed by atoms with E-state index in [-0.39, 0.29) is 18.0 Å². The first-order valence-corrected chi connectivity index (χ1v) is 8.78. The molecule has 0 spiro atoms. The third kappa shape index (κ3) is 4.21. The normalized spacial score (nSPS) is 18.8. The molecule has 3 heterocycles. The molecule has 1 aliphatic heterocycles. The molecule has 0 radical (unpaired) electrons. The van der Waals surface area contributed by atoms with Crippen LogP contribution in [0.4, 0.5) is 0 Å². The Balaban J connectivity index is 1.73. The average Bonchev–Trinajstić information content (AvgIpc) is 3.25. The van der Waals surface area contributed by atoms with Crippen molar-refractivity contribution < 1.29 is 9.26 Å². The summed E-state index contributed by atoms with van der Waals surface area (Å²) in [4.78, 5) is 4.63. The first kappa shape index (κ1) is 17.1. The molecule has 7 nitrogen and oxygen atoms in total. The van der Waals surface area contributed by atoms with Crippen molar-refractivity contribution in [2.24, 2.45) is 5.92 Å². The van der Waals surface area contributed by atoms with Crippen molar-refractivity contribution in [1.29, 1.82) is 0 Å². The molecule has 2 atom stereocenters. The number of hydrogen-bond donors (Lipinski definition) is 1. The van der Waals surface area contributed by atoms with Gasteiger partial charge in [0.1, 0.15) is 0 Å². The minimum absolute atomic E-state index is 0.0551. The van der Waals surface area contributed by atoms with E-state index in [4.69, 9.17) is 9.26 Å². The van der Waals surface area contributed by atoms with Crippen LogP contribution in [0.15, 0.2) is 23.0 Å². The van der Waals surface area contributed by atoms with Gasteiger partial charge < -0.3 is 14.6 Å². The number of rotatable bonds is 7. The van der Waals surface area contributed by atoms with Gasteiger partial charge in [-0.2, -0.15) is 10.1 Å². The van der Waals surface area contributed by atoms with Crippen molar-refractivity contribution in [1.82, 2.24) is 25.2 Å². The van der Waals surface area contributed by atoms with E-state index in [0.717, 1.165) is 38.4 Å². The summed E-state index contributed by atoms with van der Waals surface area (Å²) in [5, 5.41) is 12.1. The molecule has 132 valence electrons. The second-order valence-corrected chi connectivity index (χ2v) is 6.87. The molecule has 1 N–H and O–H groups in total. The maximum Gasteiger partial charge on any atom is 0.244 e. The summed E-state index contributed by atoms with van der Waals surface area (Å²) < 4.78 is 13.0. The standard InChI is InChI=1S/C17H27N5O2/c1-12(2)16-20-17(24-21-16)15(14-5-9-23-10-6-14)19-13(3)11-22-8-4-7-18-22/h4,7-8,12-15,19H,5-6,9-11H2,1-3H3/t13-,15+/m0/s1. The zero-order valence-electron chi connectivity index (χ0n) is 14.7. The number of nitrogens with zero attached hydrogens (tertiary/aromatic N) is 4. The third-order valence-corrected chi connectivity index (χ3v) is 4.46. The summed E-state index contributed by atoms with van der Waals surface area (Å²) in [6, 6.07) is 2.24. The molecular formula is C17H27N5O2. The predicted molar refractivity (Wildman–Crippen MR) is 89.5 cm³/mol. The van der Waals surface area contributed by atoms with Crippen LogP contribution in [0.25, 0.3) is 0 Å². The largest absolute Gasteiger partial charge is 0.381 e. The van der Waals surface area contributed by atoms with Gasteiger partial charge in [-0.25, -0.2) is 0 Å². The van der Waals surface area contributed by atoms with Crippen LogP contribution in [0.5, 0.6) is 0 Å². The van der Waals surface area contributed by atoms with Gasteiger partial charge in [0.15, 0.2) is 5.82 Å². The predicted octanol–water partition coefficient (Wildman–Crippen LogP) is 2.54. The minimum Gasteiger partial charge on any atom is -0.381 e. The van der Waals surface area contributed by atoms with Crippen molar-refractivity contribution in [3.63, 3.8) is 0 Å². The van der Waals surface area contributed by atoms with Gasteiger partial charge in [0.05, 0.1) is 12.6 Å². The SMILES string of the molecule is CC(C)c1noc([C@H](N[C@@H](C)Cn2cccn2)C2CCOCC2)n1. The number of aromatic nitrogens is 4. The van der Waals surface area contributed by atoms with Gasteiger partial charge in [-0.3, -0.25) is 4.68 Å². The second-order valence-electron chi connectivity index (χ2n) is 6.87. The highest BCUT2D eigenvalue weighted by atomic mass is 16.5. The van der Waals surface area contributed by atoms with Gasteiger partial charge in [-0.05, 0) is 31.7 Å². The molecular weight excluding hydrogens is 306 g/mol. The van der Waals surface area contributed by atoms with Crippen molar-refractivity contribution >= 4 is 0 Å². The number of ether oxygens (including phenoxy) is 1. The van der Waals surface area contributed by atoms with Crippen molar-refractivity contribution in [2.45, 2.75) is 58.2 Å². The van der Waals surface area contributed by atoms with Gasteiger partial charge in [0.25, 0.3) is 0 Å². The highest BCUT2D eigenvalue weighted by Crippen LogP contribution is 2.30. The molecule has 0 amide bonds. The second kappa shape index (κ2) is 7.90. The Bertz CT molecular complexity index is 604. The van der Waals surface area contributed by atoms with Crippen LogP contribution >= 0.6 is 0 Å². The first-order valence-electron chi connectivity index (χ1n) is 8.78. The van der Waals surface area contributed by atoms with Gasteiger partial charge in [-0.15, -0.1) is 0 Å². The van der Waals surface area contributed by atoms with Crippen molar-refractivity contribution in [2.75, 3.05) is 13.2 Å². The van der Waals surface area contributed by atoms with Crippen molar-refractivity contribution in [3.8, 4) is 0 Å². The molecule has 0 bridgehead atoms. The number of nitrogens with one attached hydrogen (secondary N) is 1. The Kier molecular flexibility index (Phi) is 5.63. The molecule has 3 rings (SSSR count). The Morgan fingerprint density at radius 2 is 2.08 bits per heavy atom. The summed E-state index contributed by atoms with van der Waals surface area (Å²) in [6.45, 7) is 8.70. The molecule has 2 aromatic heterocycles. The minimum atomic E-state index is 0.0551. The van der Waals surface area contributed by atoms with E-state index in [1.165, 1.54) is 0 Å². The Morgan fingerprint density at radius 1 is 1.29 bits per heavy atom. The van der Waals surface area contributed by atoms with E-state index >= 15 is 0 Å². The van der Waals surface area contributed by atoms with E-state index < -0.39 is 0 Å². The summed E-state index contributed by atoms with van der Waals surface area (Å²) in [5.74, 6) is 2.17. The fourth-order valence-electron chi connectivity index (χ4n) is 3.11. The van der Waals surface area contributed by atoms with E-state index in [9.17, 15) is 0 Å². The monoisotopic (exact) mass is 333 g/mol. The van der Waals surface area contributed by atoms with E-state index in [1.807, 2.05) is 16.9 Å². The Labute approximate surface area is 142 Å². The molecule has 2 aromatic rings. The summed E-state index contributed by atoms with van der Waals surface area (Å²) in [5.41, 5.74) is 0. The maximum absolute atomic E-state index is 5.59. The average molecular weight is 333 g/mol. The summed E-state index contributed by atoms with van der Waals surface area (Å²) >= 11 is 0. The molecule has 1 fully saturated rings. The fourth-order valence-corrected chi connectivity index (χ4v) is 3.11. The lowest BCUT2D eigenvalue weighted by molar-refractivity contribution is 0.0466. The highest BCUT2D eigenvalue weighted by molar-refractivity contribution is 4.99. The van der Waals surface area contributed by atoms with Crippen LogP contribution in [-0.4, -0.2) is 39.2 Å². The summed E-state index contributed by atoms with van der Waals surface area (Å²) in [6.07, 6.45) is 5.79. The van der Waals surface area contributed by atoms with Gasteiger partial charge in [0, 0.05) is 37.6 Å². The van der Waals surface area contributed by atoms with Gasteiger partial charge >= 0.3 is 0 Å². The highest BCUT2D eigenvalue weighted by Gasteiger charge is 2.31. The zero-order valence-corrected chi connectivity index (χ0v) is 14.7. The zero-order chi connectivity index (χ0) is 16.9. The molecule has 1 aliphatic rings. The summed E-state index contributed by atoms with van der Waals surface area (Å²) in [7, 11) is 0. The van der Waals surface area contributed by atoms with E-state index in [2.05, 4.69) is 41.3 Å². The van der Waals surface area contributed by atoms with Crippen LogP contribution in [0, 0.1) is 5.92 Å². The lowest BCUT2D eigenvalue weighted by atomic mass is 9.91. The molecule has 7 heteroatoms. The molecule has 0 unspecified atom stereocenters. The Hall–Kier alpha value is -1.73. The van der Waals surface area contributed by atoms with Gasteiger partial charge in [0.2, 0.25) is 5.89 Å². The number of hydrogen-bond acceptors (Lipinski definition) is 6. The van der Waals surface area contributed by atoms with Crippen LogP contribution in [0.2, 0.25) is 0 Å². The lowest BCUT2D eigenvalue weighted by Gasteiger charge is -2.30. The molecule has 0 aromatic carbocycles. The van der Waals surface area contributed by atoms with Gasteiger partial charge in [-0.1, -0.05) is 19.0 Å². The van der Waals surface area contributed by atoms with Crippen LogP contribution in [0.1, 0.15) is 57.3 Å². The molecule has 0 aliphatic carbocycles. The third-order valence-electron chi connectivity index (χ3n) is 4.46. The molecule has 1 saturated heterocycles. The van der Waals surface area contributed by atoms with E-state index in [0.29, 0.717) is 11.8 Å². The maximum atomic E-state index is 5.59. The van der Waals surface area contributed by atoms with Crippen LogP contribution in [0.3, 0.4) is 0 Å². The first-order chi connectivity index (χ1) is 11.6. The van der Waals surface area contributed by atoms with Crippen LogP contribution < -0.4 is 5.32 Å². The molecule has 24 heavy (non-hydrogen) atoms. The lowest BCUT2D eigenvalue weighted by Crippen LogP contribution is -2.39. The van der Waals surface area contributed by atoms with Crippen LogP contribution in [-0.2, 0) is 11.3 Å². The van der Waals surface area contributed by atoms with E-state index in [1.54, 1.807) is 6.20 Å². The Morgan fingerprint density at radius 3 is 2.71 bits per heavy atom. The topological polar surface area (TPSA) is 78.0 Å².